The molecule has 5 heteroatoms. The maximum absolute atomic E-state index is 8.71. The Morgan fingerprint density at radius 2 is 2.15 bits per heavy atom. The topological polar surface area (TPSA) is 70.6 Å². The second kappa shape index (κ2) is 8.27. The van der Waals surface area contributed by atoms with E-state index >= 15 is 0 Å². The summed E-state index contributed by atoms with van der Waals surface area (Å²) in [6.07, 6.45) is 3.05. The van der Waals surface area contributed by atoms with Crippen molar-refractivity contribution in [3.8, 4) is 0 Å². The number of hydrogen-bond donors (Lipinski definition) is 3. The summed E-state index contributed by atoms with van der Waals surface area (Å²) in [4.78, 5) is 0. The zero-order chi connectivity index (χ0) is 15.0. The number of oxime groups is 1. The lowest BCUT2D eigenvalue weighted by Crippen LogP contribution is -2.32. The molecule has 0 saturated carbocycles. The van der Waals surface area contributed by atoms with E-state index in [0.29, 0.717) is 5.84 Å². The van der Waals surface area contributed by atoms with Crippen LogP contribution in [0.3, 0.4) is 0 Å². The van der Waals surface area contributed by atoms with Gasteiger partial charge in [0, 0.05) is 16.4 Å². The van der Waals surface area contributed by atoms with Crippen molar-refractivity contribution in [2.45, 2.75) is 39.7 Å². The van der Waals surface area contributed by atoms with Gasteiger partial charge >= 0.3 is 0 Å². The average Bonchev–Trinajstić information content (AvgIpc) is 2.41. The number of nitrogens with zero attached hydrogens (tertiary/aromatic N) is 1. The minimum absolute atomic E-state index is 0.237. The average molecular weight is 342 g/mol. The smallest absolute Gasteiger partial charge is 0.144 e. The van der Waals surface area contributed by atoms with Crippen LogP contribution in [0, 0.1) is 5.41 Å². The second-order valence-corrected chi connectivity index (χ2v) is 6.55. The van der Waals surface area contributed by atoms with Gasteiger partial charge in [0.2, 0.25) is 0 Å². The van der Waals surface area contributed by atoms with Crippen LogP contribution in [-0.4, -0.2) is 17.6 Å². The molecule has 0 bridgehead atoms. The van der Waals surface area contributed by atoms with Crippen LogP contribution in [0.25, 0.3) is 0 Å². The standard InChI is InChI=1S/C15H24BrN3O/c1-15(2,14(17)19-20)8-3-4-9-18-11-12-6-5-7-13(16)10-12/h5-7,10,18,20H,3-4,8-9,11H2,1-2H3,(H2,17,19). The Morgan fingerprint density at radius 1 is 1.40 bits per heavy atom. The Labute approximate surface area is 129 Å². The van der Waals surface area contributed by atoms with Gasteiger partial charge in [-0.1, -0.05) is 53.5 Å². The fraction of sp³-hybridized carbons (Fsp3) is 0.533. The summed E-state index contributed by atoms with van der Waals surface area (Å²) in [5.41, 5.74) is 6.70. The Morgan fingerprint density at radius 3 is 2.80 bits per heavy atom. The van der Waals surface area contributed by atoms with Gasteiger partial charge in [-0.05, 0) is 37.1 Å². The first kappa shape index (κ1) is 17.0. The molecule has 0 aromatic heterocycles. The summed E-state index contributed by atoms with van der Waals surface area (Å²) in [6.45, 7) is 5.84. The van der Waals surface area contributed by atoms with Gasteiger partial charge in [0.1, 0.15) is 5.84 Å². The molecule has 0 spiro atoms. The Balaban J connectivity index is 2.17. The van der Waals surface area contributed by atoms with E-state index in [9.17, 15) is 0 Å². The molecule has 0 unspecified atom stereocenters. The zero-order valence-electron chi connectivity index (χ0n) is 12.2. The first-order valence-corrected chi connectivity index (χ1v) is 7.68. The van der Waals surface area contributed by atoms with Crippen LogP contribution in [0.5, 0.6) is 0 Å². The molecule has 0 aliphatic rings. The van der Waals surface area contributed by atoms with Crippen LogP contribution in [-0.2, 0) is 6.54 Å². The van der Waals surface area contributed by atoms with Crippen LogP contribution < -0.4 is 11.1 Å². The molecule has 0 fully saturated rings. The maximum Gasteiger partial charge on any atom is 0.144 e. The number of halogens is 1. The summed E-state index contributed by atoms with van der Waals surface area (Å²) >= 11 is 3.47. The molecular formula is C15H24BrN3O. The monoisotopic (exact) mass is 341 g/mol. The fourth-order valence-electron chi connectivity index (χ4n) is 1.96. The highest BCUT2D eigenvalue weighted by Crippen LogP contribution is 2.23. The molecule has 112 valence electrons. The predicted molar refractivity (Wildman–Crippen MR) is 86.9 cm³/mol. The van der Waals surface area contributed by atoms with E-state index in [2.05, 4.69) is 38.5 Å². The zero-order valence-corrected chi connectivity index (χ0v) is 13.8. The van der Waals surface area contributed by atoms with Crippen molar-refractivity contribution in [1.82, 2.24) is 5.32 Å². The van der Waals surface area contributed by atoms with E-state index in [-0.39, 0.29) is 5.41 Å². The van der Waals surface area contributed by atoms with E-state index in [1.54, 1.807) is 0 Å². The number of rotatable bonds is 8. The van der Waals surface area contributed by atoms with Gasteiger partial charge in [-0.2, -0.15) is 0 Å². The summed E-state index contributed by atoms with van der Waals surface area (Å²) in [5.74, 6) is 0.305. The van der Waals surface area contributed by atoms with Gasteiger partial charge in [-0.25, -0.2) is 0 Å². The molecule has 4 nitrogen and oxygen atoms in total. The van der Waals surface area contributed by atoms with Crippen molar-refractivity contribution in [3.05, 3.63) is 34.3 Å². The molecule has 0 radical (unpaired) electrons. The number of unbranched alkanes of at least 4 members (excludes halogenated alkanes) is 1. The van der Waals surface area contributed by atoms with Crippen molar-refractivity contribution in [2.75, 3.05) is 6.54 Å². The molecule has 4 N–H and O–H groups in total. The predicted octanol–water partition coefficient (Wildman–Crippen LogP) is 3.48. The lowest BCUT2D eigenvalue weighted by molar-refractivity contribution is 0.304. The van der Waals surface area contributed by atoms with E-state index < -0.39 is 0 Å². The number of nitrogens with one attached hydrogen (secondary N) is 1. The third-order valence-corrected chi connectivity index (χ3v) is 3.92. The number of amidine groups is 1. The highest BCUT2D eigenvalue weighted by molar-refractivity contribution is 9.10. The molecule has 0 heterocycles. The van der Waals surface area contributed by atoms with Gasteiger partial charge in [-0.15, -0.1) is 0 Å². The summed E-state index contributed by atoms with van der Waals surface area (Å²) in [7, 11) is 0. The minimum atomic E-state index is -0.237. The largest absolute Gasteiger partial charge is 0.409 e. The molecule has 0 atom stereocenters. The first-order chi connectivity index (χ1) is 9.45. The van der Waals surface area contributed by atoms with Crippen molar-refractivity contribution >= 4 is 21.8 Å². The molecule has 0 aliphatic carbocycles. The summed E-state index contributed by atoms with van der Waals surface area (Å²) in [6, 6.07) is 8.30. The molecule has 1 aromatic rings. The normalized spacial score (nSPS) is 12.7. The Bertz CT molecular complexity index is 446. The Kier molecular flexibility index (Phi) is 7.02. The van der Waals surface area contributed by atoms with Crippen LogP contribution in [0.2, 0.25) is 0 Å². The van der Waals surface area contributed by atoms with Gasteiger partial charge in [-0.3, -0.25) is 0 Å². The number of nitrogens with two attached hydrogens (primary N) is 1. The molecule has 20 heavy (non-hydrogen) atoms. The third kappa shape index (κ3) is 5.92. The quantitative estimate of drug-likeness (QED) is 0.223. The molecular weight excluding hydrogens is 318 g/mol. The molecule has 0 aliphatic heterocycles. The maximum atomic E-state index is 8.71. The number of hydrogen-bond acceptors (Lipinski definition) is 3. The summed E-state index contributed by atoms with van der Waals surface area (Å²) in [5, 5.41) is 15.2. The van der Waals surface area contributed by atoms with E-state index in [0.717, 1.165) is 36.8 Å². The SMILES string of the molecule is CC(C)(CCCCNCc1cccc(Br)c1)/C(N)=N/O. The van der Waals surface area contributed by atoms with Crippen molar-refractivity contribution in [1.29, 1.82) is 0 Å². The van der Waals surface area contributed by atoms with E-state index in [1.165, 1.54) is 5.56 Å². The second-order valence-electron chi connectivity index (χ2n) is 5.63. The van der Waals surface area contributed by atoms with Gasteiger partial charge in [0.05, 0.1) is 0 Å². The highest BCUT2D eigenvalue weighted by atomic mass is 79.9. The van der Waals surface area contributed by atoms with Crippen molar-refractivity contribution in [2.24, 2.45) is 16.3 Å². The number of benzene rings is 1. The molecule has 1 rings (SSSR count). The van der Waals surface area contributed by atoms with Crippen LogP contribution in [0.1, 0.15) is 38.7 Å². The fourth-order valence-corrected chi connectivity index (χ4v) is 2.41. The molecule has 0 amide bonds. The van der Waals surface area contributed by atoms with Crippen LogP contribution >= 0.6 is 15.9 Å². The lowest BCUT2D eigenvalue weighted by Gasteiger charge is -2.22. The lowest BCUT2D eigenvalue weighted by atomic mass is 9.86. The van der Waals surface area contributed by atoms with Crippen molar-refractivity contribution in [3.63, 3.8) is 0 Å². The van der Waals surface area contributed by atoms with Gasteiger partial charge < -0.3 is 16.3 Å². The Hall–Kier alpha value is -1.07. The van der Waals surface area contributed by atoms with E-state index in [4.69, 9.17) is 10.9 Å². The van der Waals surface area contributed by atoms with Crippen LogP contribution in [0.4, 0.5) is 0 Å². The first-order valence-electron chi connectivity index (χ1n) is 6.89. The highest BCUT2D eigenvalue weighted by Gasteiger charge is 2.22. The molecule has 0 saturated heterocycles. The van der Waals surface area contributed by atoms with Crippen molar-refractivity contribution < 1.29 is 5.21 Å². The molecule has 1 aromatic carbocycles. The third-order valence-electron chi connectivity index (χ3n) is 3.42. The summed E-state index contributed by atoms with van der Waals surface area (Å²) < 4.78 is 1.11. The van der Waals surface area contributed by atoms with Crippen LogP contribution in [0.15, 0.2) is 33.9 Å². The van der Waals surface area contributed by atoms with E-state index in [1.807, 2.05) is 26.0 Å². The minimum Gasteiger partial charge on any atom is -0.409 e. The van der Waals surface area contributed by atoms with Gasteiger partial charge in [0.25, 0.3) is 0 Å². The van der Waals surface area contributed by atoms with Gasteiger partial charge in [0.15, 0.2) is 0 Å².